The summed E-state index contributed by atoms with van der Waals surface area (Å²) in [6.45, 7) is 0. The van der Waals surface area contributed by atoms with Crippen LogP contribution in [0.2, 0.25) is 0 Å². The number of allylic oxidation sites excluding steroid dienone is 2. The monoisotopic (exact) mass is 488 g/mol. The number of rotatable bonds is 8. The molecule has 154 valence electrons. The van der Waals surface area contributed by atoms with Gasteiger partial charge in [-0.05, 0) is 0 Å². The van der Waals surface area contributed by atoms with E-state index in [0.29, 0.717) is 6.16 Å². The van der Waals surface area contributed by atoms with Crippen LogP contribution in [0.5, 0.6) is 0 Å². The van der Waals surface area contributed by atoms with Gasteiger partial charge in [-0.2, -0.15) is 0 Å². The van der Waals surface area contributed by atoms with E-state index in [0.717, 1.165) is 17.0 Å². The fourth-order valence-electron chi connectivity index (χ4n) is 3.51. The van der Waals surface area contributed by atoms with Crippen molar-refractivity contribution in [3.63, 3.8) is 0 Å². The van der Waals surface area contributed by atoms with Crippen molar-refractivity contribution in [2.75, 3.05) is 6.16 Å². The molecule has 0 saturated heterocycles. The first-order chi connectivity index (χ1) is 15.2. The van der Waals surface area contributed by atoms with Gasteiger partial charge < -0.3 is 0 Å². The first-order valence-electron chi connectivity index (χ1n) is 10.4. The van der Waals surface area contributed by atoms with Crippen LogP contribution in [0.15, 0.2) is 132 Å². The normalized spacial score (nSPS) is 11.9. The third kappa shape index (κ3) is 5.75. The van der Waals surface area contributed by atoms with E-state index in [1.807, 2.05) is 72.8 Å². The maximum absolute atomic E-state index is 14.6. The summed E-state index contributed by atoms with van der Waals surface area (Å²) in [6, 6.07) is 41.0. The number of benzene rings is 4. The second-order valence-corrected chi connectivity index (χ2v) is 12.7. The predicted molar refractivity (Wildman–Crippen MR) is 135 cm³/mol. The molecule has 0 fully saturated rings. The molecule has 0 N–H and O–H groups in total. The Morgan fingerprint density at radius 3 is 1.61 bits per heavy atom. The summed E-state index contributed by atoms with van der Waals surface area (Å²) < 4.78 is 17.2. The SMILES string of the molecule is O=P(C/C(=C\Cc1ccccc1)[Se]c1ccccc1)(c1ccccc1)c1ccccc1. The van der Waals surface area contributed by atoms with E-state index in [1.54, 1.807) is 0 Å². The van der Waals surface area contributed by atoms with Crippen molar-refractivity contribution < 1.29 is 4.57 Å². The standard InChI is InChI=1S/C28H25OPSe/c29-30(25-15-7-2-8-16-25,26-17-9-3-10-18-26)23-28(31-27-19-11-4-12-20-27)22-21-24-13-5-1-6-14-24/h1-20,22H,21,23H2/b28-22+. The summed E-state index contributed by atoms with van der Waals surface area (Å²) in [4.78, 5) is 0. The van der Waals surface area contributed by atoms with Gasteiger partial charge in [-0.1, -0.05) is 0 Å². The van der Waals surface area contributed by atoms with Crippen molar-refractivity contribution in [3.05, 3.63) is 137 Å². The van der Waals surface area contributed by atoms with Gasteiger partial charge in [0.1, 0.15) is 0 Å². The fraction of sp³-hybridized carbons (Fsp3) is 0.0714. The van der Waals surface area contributed by atoms with E-state index in [9.17, 15) is 4.57 Å². The van der Waals surface area contributed by atoms with E-state index in [4.69, 9.17) is 0 Å². The molecule has 1 nitrogen and oxygen atoms in total. The topological polar surface area (TPSA) is 17.1 Å². The summed E-state index contributed by atoms with van der Waals surface area (Å²) in [5.41, 5.74) is 1.28. The summed E-state index contributed by atoms with van der Waals surface area (Å²) in [5, 5.41) is 1.85. The predicted octanol–water partition coefficient (Wildman–Crippen LogP) is 5.16. The van der Waals surface area contributed by atoms with Crippen LogP contribution in [0, 0.1) is 0 Å². The summed E-state index contributed by atoms with van der Waals surface area (Å²) in [5.74, 6) is 0. The minimum atomic E-state index is -2.79. The Balaban J connectivity index is 1.72. The molecular weight excluding hydrogens is 462 g/mol. The van der Waals surface area contributed by atoms with Crippen LogP contribution < -0.4 is 15.1 Å². The van der Waals surface area contributed by atoms with E-state index in [-0.39, 0.29) is 15.0 Å². The maximum atomic E-state index is 14.6. The van der Waals surface area contributed by atoms with Crippen molar-refractivity contribution in [1.29, 1.82) is 0 Å². The molecule has 0 aliphatic heterocycles. The molecule has 0 aliphatic rings. The quantitative estimate of drug-likeness (QED) is 0.248. The van der Waals surface area contributed by atoms with Crippen LogP contribution in [0.1, 0.15) is 5.56 Å². The Morgan fingerprint density at radius 2 is 1.10 bits per heavy atom. The van der Waals surface area contributed by atoms with Gasteiger partial charge in [0.15, 0.2) is 0 Å². The summed E-state index contributed by atoms with van der Waals surface area (Å²) in [7, 11) is -2.79. The molecule has 4 rings (SSSR count). The van der Waals surface area contributed by atoms with Crippen molar-refractivity contribution in [3.8, 4) is 0 Å². The third-order valence-corrected chi connectivity index (χ3v) is 10.9. The van der Waals surface area contributed by atoms with E-state index in [2.05, 4.69) is 54.6 Å². The third-order valence-electron chi connectivity index (χ3n) is 5.13. The molecule has 0 saturated carbocycles. The van der Waals surface area contributed by atoms with Gasteiger partial charge in [0.2, 0.25) is 0 Å². The van der Waals surface area contributed by atoms with Gasteiger partial charge in [0, 0.05) is 0 Å². The Bertz CT molecular complexity index is 1110. The fourth-order valence-corrected chi connectivity index (χ4v) is 9.27. The van der Waals surface area contributed by atoms with Gasteiger partial charge in [-0.25, -0.2) is 0 Å². The molecular formula is C28H25OPSe. The molecule has 0 aromatic heterocycles. The van der Waals surface area contributed by atoms with E-state index < -0.39 is 7.14 Å². The van der Waals surface area contributed by atoms with Crippen molar-refractivity contribution in [2.24, 2.45) is 0 Å². The van der Waals surface area contributed by atoms with Crippen LogP contribution in [0.25, 0.3) is 0 Å². The van der Waals surface area contributed by atoms with Gasteiger partial charge in [-0.15, -0.1) is 0 Å². The zero-order chi connectivity index (χ0) is 21.4. The molecule has 4 aromatic rings. The molecule has 0 heterocycles. The molecule has 0 amide bonds. The van der Waals surface area contributed by atoms with Crippen molar-refractivity contribution in [2.45, 2.75) is 6.42 Å². The van der Waals surface area contributed by atoms with E-state index >= 15 is 0 Å². The van der Waals surface area contributed by atoms with Gasteiger partial charge in [-0.3, -0.25) is 0 Å². The molecule has 0 radical (unpaired) electrons. The molecule has 31 heavy (non-hydrogen) atoms. The molecule has 4 aromatic carbocycles. The summed E-state index contributed by atoms with van der Waals surface area (Å²) >= 11 is 0.120. The van der Waals surface area contributed by atoms with Gasteiger partial charge in [0.25, 0.3) is 0 Å². The minimum absolute atomic E-state index is 0.120. The second-order valence-electron chi connectivity index (χ2n) is 7.34. The first-order valence-corrected chi connectivity index (χ1v) is 14.0. The average Bonchev–Trinajstić information content (AvgIpc) is 2.85. The number of hydrogen-bond acceptors (Lipinski definition) is 1. The van der Waals surface area contributed by atoms with Crippen molar-refractivity contribution in [1.82, 2.24) is 0 Å². The molecule has 0 aliphatic carbocycles. The Morgan fingerprint density at radius 1 is 0.645 bits per heavy atom. The Hall–Kier alpha value is -2.63. The van der Waals surface area contributed by atoms with Crippen LogP contribution in [0.4, 0.5) is 0 Å². The van der Waals surface area contributed by atoms with E-state index in [1.165, 1.54) is 14.5 Å². The molecule has 0 spiro atoms. The van der Waals surface area contributed by atoms with Crippen LogP contribution in [-0.2, 0) is 11.0 Å². The zero-order valence-electron chi connectivity index (χ0n) is 17.3. The van der Waals surface area contributed by atoms with Gasteiger partial charge >= 0.3 is 192 Å². The van der Waals surface area contributed by atoms with Gasteiger partial charge in [0.05, 0.1) is 0 Å². The Kier molecular flexibility index (Phi) is 7.39. The first kappa shape index (κ1) is 21.6. The molecule has 0 unspecified atom stereocenters. The van der Waals surface area contributed by atoms with Crippen LogP contribution >= 0.6 is 7.14 Å². The zero-order valence-corrected chi connectivity index (χ0v) is 19.9. The summed E-state index contributed by atoms with van der Waals surface area (Å²) in [6.07, 6.45) is 3.73. The van der Waals surface area contributed by atoms with Crippen LogP contribution in [-0.4, -0.2) is 21.1 Å². The molecule has 3 heteroatoms. The van der Waals surface area contributed by atoms with Crippen LogP contribution in [0.3, 0.4) is 0 Å². The number of hydrogen-bond donors (Lipinski definition) is 0. The molecule has 0 atom stereocenters. The second kappa shape index (κ2) is 10.6. The Labute approximate surface area is 191 Å². The van der Waals surface area contributed by atoms with Crippen molar-refractivity contribution >= 4 is 37.2 Å². The average molecular weight is 487 g/mol. The molecule has 0 bridgehead atoms.